The topological polar surface area (TPSA) is 165 Å². The zero-order valence-electron chi connectivity index (χ0n) is 16.8. The molecule has 34 heavy (non-hydrogen) atoms. The Bertz CT molecular complexity index is 1450. The van der Waals surface area contributed by atoms with Crippen molar-refractivity contribution in [1.82, 2.24) is 25.1 Å². The van der Waals surface area contributed by atoms with Gasteiger partial charge < -0.3 is 20.8 Å². The molecule has 0 atom stereocenters. The molecule has 2 aromatic heterocycles. The van der Waals surface area contributed by atoms with E-state index in [0.717, 1.165) is 16.9 Å². The number of carbonyl (C=O) groups excluding carboxylic acids is 1. The standard InChI is InChI=1S/C19H14Cl2F2N6O5/c20-11-1-8(29-18(33)27-17(32)14(24)28-29)2-12(21)13(11)34-9-3-10(15(30)25-6-9)16(31)26-7-4-19(22,23)5-7/h1-3,6-7H,4-5H2,(H2,24,28)(H,25,30)(H,26,31)(H,27,32,33). The Labute approximate surface area is 197 Å². The van der Waals surface area contributed by atoms with Crippen LogP contribution in [-0.2, 0) is 0 Å². The Morgan fingerprint density at radius 2 is 1.82 bits per heavy atom. The van der Waals surface area contributed by atoms with E-state index in [0.29, 0.717) is 0 Å². The molecule has 0 spiro atoms. The second kappa shape index (κ2) is 8.57. The molecule has 1 saturated carbocycles. The Morgan fingerprint density at radius 3 is 2.44 bits per heavy atom. The van der Waals surface area contributed by atoms with Crippen molar-refractivity contribution in [3.8, 4) is 17.2 Å². The number of pyridine rings is 1. The number of nitrogens with zero attached hydrogens (tertiary/aromatic N) is 2. The second-order valence-corrected chi connectivity index (χ2v) is 8.22. The lowest BCUT2D eigenvalue weighted by Gasteiger charge is -2.35. The van der Waals surface area contributed by atoms with Gasteiger partial charge in [-0.25, -0.2) is 13.6 Å². The fourth-order valence-electron chi connectivity index (χ4n) is 3.19. The van der Waals surface area contributed by atoms with Crippen LogP contribution in [0.1, 0.15) is 23.2 Å². The lowest BCUT2D eigenvalue weighted by atomic mass is 9.88. The third kappa shape index (κ3) is 4.65. The average molecular weight is 515 g/mol. The zero-order valence-corrected chi connectivity index (χ0v) is 18.3. The number of aromatic amines is 2. The van der Waals surface area contributed by atoms with Crippen LogP contribution in [0.4, 0.5) is 14.6 Å². The van der Waals surface area contributed by atoms with Gasteiger partial charge in [0.1, 0.15) is 11.3 Å². The smallest absolute Gasteiger partial charge is 0.349 e. The third-order valence-corrected chi connectivity index (χ3v) is 5.41. The number of alkyl halides is 2. The summed E-state index contributed by atoms with van der Waals surface area (Å²) in [7, 11) is 0. The van der Waals surface area contributed by atoms with Crippen molar-refractivity contribution in [1.29, 1.82) is 0 Å². The van der Waals surface area contributed by atoms with E-state index in [1.54, 1.807) is 0 Å². The Morgan fingerprint density at radius 1 is 1.18 bits per heavy atom. The SMILES string of the molecule is Nc1nn(-c2cc(Cl)c(Oc3c[nH]c(=O)c(C(=O)NC4CC(F)(F)C4)c3)c(Cl)c2)c(=O)[nH]c1=O. The maximum absolute atomic E-state index is 13.0. The van der Waals surface area contributed by atoms with Gasteiger partial charge in [0, 0.05) is 31.1 Å². The van der Waals surface area contributed by atoms with Crippen LogP contribution in [0.2, 0.25) is 10.0 Å². The van der Waals surface area contributed by atoms with Gasteiger partial charge in [-0.05, 0) is 12.1 Å². The highest BCUT2D eigenvalue weighted by Crippen LogP contribution is 2.39. The molecular weight excluding hydrogens is 501 g/mol. The number of nitrogens with two attached hydrogens (primary N) is 1. The summed E-state index contributed by atoms with van der Waals surface area (Å²) in [5.41, 5.74) is 2.63. The van der Waals surface area contributed by atoms with E-state index in [1.807, 2.05) is 4.98 Å². The lowest BCUT2D eigenvalue weighted by molar-refractivity contribution is -0.0901. The molecular formula is C19H14Cl2F2N6O5. The molecule has 0 saturated heterocycles. The molecule has 3 aromatic rings. The molecule has 1 fully saturated rings. The first kappa shape index (κ1) is 23.4. The van der Waals surface area contributed by atoms with Crippen LogP contribution >= 0.6 is 23.2 Å². The lowest BCUT2D eigenvalue weighted by Crippen LogP contribution is -2.51. The van der Waals surface area contributed by atoms with Crippen molar-refractivity contribution in [3.63, 3.8) is 0 Å². The van der Waals surface area contributed by atoms with Crippen molar-refractivity contribution in [2.75, 3.05) is 5.73 Å². The van der Waals surface area contributed by atoms with Gasteiger partial charge in [0.15, 0.2) is 5.75 Å². The minimum absolute atomic E-state index is 0.0381. The zero-order chi connectivity index (χ0) is 24.8. The number of hydrogen-bond acceptors (Lipinski definition) is 7. The Balaban J connectivity index is 1.60. The van der Waals surface area contributed by atoms with E-state index in [4.69, 9.17) is 33.7 Å². The van der Waals surface area contributed by atoms with Crippen molar-refractivity contribution in [2.24, 2.45) is 0 Å². The van der Waals surface area contributed by atoms with Gasteiger partial charge in [0.2, 0.25) is 5.82 Å². The summed E-state index contributed by atoms with van der Waals surface area (Å²) in [4.78, 5) is 52.1. The maximum Gasteiger partial charge on any atom is 0.349 e. The number of nitrogens with one attached hydrogen (secondary N) is 3. The molecule has 15 heteroatoms. The van der Waals surface area contributed by atoms with E-state index in [-0.39, 0.29) is 32.8 Å². The van der Waals surface area contributed by atoms with Crippen LogP contribution in [-0.4, -0.2) is 37.6 Å². The summed E-state index contributed by atoms with van der Waals surface area (Å²) < 4.78 is 32.4. The van der Waals surface area contributed by atoms with E-state index < -0.39 is 53.3 Å². The predicted molar refractivity (Wildman–Crippen MR) is 117 cm³/mol. The van der Waals surface area contributed by atoms with E-state index in [9.17, 15) is 28.0 Å². The van der Waals surface area contributed by atoms with E-state index in [2.05, 4.69) is 15.4 Å². The van der Waals surface area contributed by atoms with Crippen LogP contribution < -0.4 is 32.6 Å². The number of aromatic nitrogens is 4. The number of hydrogen-bond donors (Lipinski definition) is 4. The van der Waals surface area contributed by atoms with Crippen LogP contribution in [0.25, 0.3) is 5.69 Å². The molecule has 4 rings (SSSR count). The molecule has 2 heterocycles. The third-order valence-electron chi connectivity index (χ3n) is 4.85. The molecule has 0 aliphatic heterocycles. The number of anilines is 1. The largest absolute Gasteiger partial charge is 0.453 e. The monoisotopic (exact) mass is 514 g/mol. The van der Waals surface area contributed by atoms with E-state index >= 15 is 0 Å². The summed E-state index contributed by atoms with van der Waals surface area (Å²) in [5.74, 6) is -4.27. The van der Waals surface area contributed by atoms with Crippen molar-refractivity contribution in [2.45, 2.75) is 24.8 Å². The normalized spacial score (nSPS) is 14.9. The molecule has 178 valence electrons. The Hall–Kier alpha value is -3.71. The summed E-state index contributed by atoms with van der Waals surface area (Å²) in [6, 6.07) is 2.86. The average Bonchev–Trinajstić information content (AvgIpc) is 2.73. The van der Waals surface area contributed by atoms with Crippen molar-refractivity contribution >= 4 is 34.9 Å². The number of ether oxygens (including phenoxy) is 1. The molecule has 1 aliphatic rings. The van der Waals surface area contributed by atoms with Gasteiger partial charge in [-0.2, -0.15) is 4.68 Å². The number of benzene rings is 1. The van der Waals surface area contributed by atoms with Crippen LogP contribution in [0.3, 0.4) is 0 Å². The highest BCUT2D eigenvalue weighted by atomic mass is 35.5. The fourth-order valence-corrected chi connectivity index (χ4v) is 3.74. The first-order valence-electron chi connectivity index (χ1n) is 9.51. The maximum atomic E-state index is 13.0. The Kier molecular flexibility index (Phi) is 5.91. The predicted octanol–water partition coefficient (Wildman–Crippen LogP) is 1.82. The fraction of sp³-hybridized carbons (Fsp3) is 0.211. The van der Waals surface area contributed by atoms with Crippen LogP contribution in [0.5, 0.6) is 11.5 Å². The van der Waals surface area contributed by atoms with Crippen LogP contribution in [0, 0.1) is 0 Å². The van der Waals surface area contributed by atoms with Crippen molar-refractivity contribution in [3.05, 3.63) is 71.2 Å². The van der Waals surface area contributed by atoms with Gasteiger partial charge in [-0.15, -0.1) is 5.10 Å². The highest BCUT2D eigenvalue weighted by molar-refractivity contribution is 6.37. The minimum Gasteiger partial charge on any atom is -0.453 e. The van der Waals surface area contributed by atoms with Gasteiger partial charge in [-0.3, -0.25) is 19.4 Å². The number of halogens is 4. The second-order valence-electron chi connectivity index (χ2n) is 7.41. The number of nitrogen functional groups attached to an aromatic ring is 1. The molecule has 11 nitrogen and oxygen atoms in total. The van der Waals surface area contributed by atoms with Gasteiger partial charge in [0.25, 0.3) is 22.9 Å². The molecule has 5 N–H and O–H groups in total. The number of amides is 1. The van der Waals surface area contributed by atoms with E-state index in [1.165, 1.54) is 12.1 Å². The van der Waals surface area contributed by atoms with Gasteiger partial charge in [-0.1, -0.05) is 23.2 Å². The molecule has 0 radical (unpaired) electrons. The highest BCUT2D eigenvalue weighted by Gasteiger charge is 2.46. The first-order chi connectivity index (χ1) is 15.9. The summed E-state index contributed by atoms with van der Waals surface area (Å²) in [6.07, 6.45) is 0.123. The minimum atomic E-state index is -2.84. The van der Waals surface area contributed by atoms with Crippen molar-refractivity contribution < 1.29 is 18.3 Å². The molecule has 0 unspecified atom stereocenters. The first-order valence-corrected chi connectivity index (χ1v) is 10.3. The number of H-pyrrole nitrogens is 2. The number of carbonyl (C=O) groups is 1. The van der Waals surface area contributed by atoms with Gasteiger partial charge >= 0.3 is 5.69 Å². The quantitative estimate of drug-likeness (QED) is 0.403. The summed E-state index contributed by atoms with van der Waals surface area (Å²) in [5, 5.41) is 5.86. The molecule has 0 bridgehead atoms. The molecule has 1 aromatic carbocycles. The molecule has 1 aliphatic carbocycles. The summed E-state index contributed by atoms with van der Waals surface area (Å²) in [6.45, 7) is 0. The summed E-state index contributed by atoms with van der Waals surface area (Å²) >= 11 is 12.5. The number of rotatable bonds is 5. The van der Waals surface area contributed by atoms with Crippen LogP contribution in [0.15, 0.2) is 38.8 Å². The van der Waals surface area contributed by atoms with Gasteiger partial charge in [0.05, 0.1) is 15.7 Å². The molecule has 1 amide bonds.